The highest BCUT2D eigenvalue weighted by molar-refractivity contribution is 5.43. The van der Waals surface area contributed by atoms with Gasteiger partial charge in [-0.1, -0.05) is 0 Å². The minimum atomic E-state index is -0.0263. The largest absolute Gasteiger partial charge is 0.383 e. The molecule has 0 amide bonds. The molecule has 1 aliphatic rings. The average molecular weight is 280 g/mol. The first-order chi connectivity index (χ1) is 9.81. The van der Waals surface area contributed by atoms with E-state index in [4.69, 9.17) is 4.74 Å². The second-order valence-corrected chi connectivity index (χ2v) is 5.07. The van der Waals surface area contributed by atoms with Crippen LogP contribution in [0, 0.1) is 0 Å². The molecular formula is C14H24N4O2. The molecule has 0 aromatic carbocycles. The van der Waals surface area contributed by atoms with Crippen molar-refractivity contribution in [2.75, 3.05) is 44.8 Å². The molecule has 6 nitrogen and oxygen atoms in total. The molecule has 1 aliphatic heterocycles. The molecule has 2 rings (SSSR count). The number of nitrogens with zero attached hydrogens (tertiary/aromatic N) is 3. The number of nitrogens with one attached hydrogen (secondary N) is 1. The van der Waals surface area contributed by atoms with Gasteiger partial charge in [0.05, 0.1) is 25.0 Å². The molecule has 0 saturated carbocycles. The zero-order valence-electron chi connectivity index (χ0n) is 12.2. The second-order valence-electron chi connectivity index (χ2n) is 5.07. The quantitative estimate of drug-likeness (QED) is 0.736. The fourth-order valence-corrected chi connectivity index (χ4v) is 2.40. The van der Waals surface area contributed by atoms with Crippen LogP contribution in [0.2, 0.25) is 0 Å². The van der Waals surface area contributed by atoms with Gasteiger partial charge in [-0.2, -0.15) is 5.10 Å². The van der Waals surface area contributed by atoms with Gasteiger partial charge in [-0.3, -0.25) is 4.79 Å². The molecule has 0 atom stereocenters. The number of hydrogen-bond donors (Lipinski definition) is 1. The number of ether oxygens (including phenoxy) is 1. The first-order valence-electron chi connectivity index (χ1n) is 7.33. The van der Waals surface area contributed by atoms with Crippen molar-refractivity contribution in [1.29, 1.82) is 0 Å². The number of methoxy groups -OCH3 is 1. The molecule has 112 valence electrons. The summed E-state index contributed by atoms with van der Waals surface area (Å²) in [6.07, 6.45) is 5.50. The third-order valence-corrected chi connectivity index (χ3v) is 3.56. The highest BCUT2D eigenvalue weighted by Gasteiger charge is 2.12. The first-order valence-corrected chi connectivity index (χ1v) is 7.33. The molecular weight excluding hydrogens is 256 g/mol. The smallest absolute Gasteiger partial charge is 0.268 e. The molecule has 6 heteroatoms. The summed E-state index contributed by atoms with van der Waals surface area (Å²) in [5.41, 5.74) is 0.930. The van der Waals surface area contributed by atoms with Gasteiger partial charge in [0.2, 0.25) is 0 Å². The van der Waals surface area contributed by atoms with Crippen molar-refractivity contribution in [2.24, 2.45) is 0 Å². The van der Waals surface area contributed by atoms with Crippen molar-refractivity contribution in [3.8, 4) is 0 Å². The molecule has 0 spiro atoms. The fraction of sp³-hybridized carbons (Fsp3) is 0.714. The van der Waals surface area contributed by atoms with Gasteiger partial charge in [-0.05, 0) is 19.3 Å². The van der Waals surface area contributed by atoms with Gasteiger partial charge in [-0.15, -0.1) is 0 Å². The standard InChI is InChI=1S/C14H24N4O2/c1-20-10-6-15-5-9-18-14(19)11-13(12-16-18)17-7-3-2-4-8-17/h11-12,15H,2-10H2,1H3. The van der Waals surface area contributed by atoms with E-state index in [1.165, 1.54) is 23.9 Å². The Bertz CT molecular complexity index is 455. The Balaban J connectivity index is 1.87. The summed E-state index contributed by atoms with van der Waals surface area (Å²) in [6.45, 7) is 4.84. The highest BCUT2D eigenvalue weighted by atomic mass is 16.5. The zero-order valence-corrected chi connectivity index (χ0v) is 12.2. The van der Waals surface area contributed by atoms with Crippen LogP contribution < -0.4 is 15.8 Å². The lowest BCUT2D eigenvalue weighted by Crippen LogP contribution is -2.33. The van der Waals surface area contributed by atoms with Gasteiger partial charge in [0.15, 0.2) is 0 Å². The maximum absolute atomic E-state index is 12.0. The van der Waals surface area contributed by atoms with Gasteiger partial charge in [-0.25, -0.2) is 4.68 Å². The van der Waals surface area contributed by atoms with E-state index < -0.39 is 0 Å². The Morgan fingerprint density at radius 2 is 2.10 bits per heavy atom. The number of anilines is 1. The predicted octanol–water partition coefficient (Wildman–Crippen LogP) is 0.470. The fourth-order valence-electron chi connectivity index (χ4n) is 2.40. The van der Waals surface area contributed by atoms with Crippen LogP contribution in [0.1, 0.15) is 19.3 Å². The van der Waals surface area contributed by atoms with Crippen LogP contribution >= 0.6 is 0 Å². The number of rotatable bonds is 7. The van der Waals surface area contributed by atoms with Crippen LogP contribution in [0.4, 0.5) is 5.69 Å². The minimum Gasteiger partial charge on any atom is -0.383 e. The third kappa shape index (κ3) is 4.31. The number of hydrogen-bond acceptors (Lipinski definition) is 5. The van der Waals surface area contributed by atoms with Crippen molar-refractivity contribution in [1.82, 2.24) is 15.1 Å². The predicted molar refractivity (Wildman–Crippen MR) is 79.3 cm³/mol. The minimum absolute atomic E-state index is 0.0263. The van der Waals surface area contributed by atoms with Gasteiger partial charge >= 0.3 is 0 Å². The topological polar surface area (TPSA) is 59.4 Å². The molecule has 0 unspecified atom stereocenters. The van der Waals surface area contributed by atoms with Crippen molar-refractivity contribution in [3.05, 3.63) is 22.6 Å². The van der Waals surface area contributed by atoms with Crippen molar-refractivity contribution < 1.29 is 4.74 Å². The molecule has 0 bridgehead atoms. The second kappa shape index (κ2) is 8.01. The van der Waals surface area contributed by atoms with E-state index in [1.807, 2.05) is 6.20 Å². The molecule has 1 N–H and O–H groups in total. The molecule has 20 heavy (non-hydrogen) atoms. The molecule has 1 aromatic rings. The van der Waals surface area contributed by atoms with E-state index in [0.29, 0.717) is 13.2 Å². The highest BCUT2D eigenvalue weighted by Crippen LogP contribution is 2.16. The lowest BCUT2D eigenvalue weighted by Gasteiger charge is -2.28. The summed E-state index contributed by atoms with van der Waals surface area (Å²) < 4.78 is 6.46. The molecule has 1 aromatic heterocycles. The Labute approximate surface area is 119 Å². The van der Waals surface area contributed by atoms with E-state index in [2.05, 4.69) is 15.3 Å². The van der Waals surface area contributed by atoms with Gasteiger partial charge in [0.1, 0.15) is 0 Å². The number of piperidine rings is 1. The van der Waals surface area contributed by atoms with E-state index >= 15 is 0 Å². The molecule has 0 aliphatic carbocycles. The zero-order chi connectivity index (χ0) is 14.2. The summed E-state index contributed by atoms with van der Waals surface area (Å²) >= 11 is 0. The number of aromatic nitrogens is 2. The maximum atomic E-state index is 12.0. The van der Waals surface area contributed by atoms with E-state index in [0.717, 1.165) is 31.9 Å². The SMILES string of the molecule is COCCNCCn1ncc(N2CCCCC2)cc1=O. The van der Waals surface area contributed by atoms with Crippen molar-refractivity contribution >= 4 is 5.69 Å². The summed E-state index contributed by atoms with van der Waals surface area (Å²) in [5.74, 6) is 0. The first kappa shape index (κ1) is 15.0. The lowest BCUT2D eigenvalue weighted by molar-refractivity contribution is 0.199. The Hall–Kier alpha value is -1.40. The van der Waals surface area contributed by atoms with Crippen LogP contribution in [-0.2, 0) is 11.3 Å². The van der Waals surface area contributed by atoms with Crippen LogP contribution in [-0.4, -0.2) is 49.7 Å². The van der Waals surface area contributed by atoms with Crippen LogP contribution in [0.15, 0.2) is 17.1 Å². The van der Waals surface area contributed by atoms with E-state index in [9.17, 15) is 4.79 Å². The van der Waals surface area contributed by atoms with Gasteiger partial charge in [0.25, 0.3) is 5.56 Å². The Kier molecular flexibility index (Phi) is 6.01. The van der Waals surface area contributed by atoms with Crippen LogP contribution in [0.5, 0.6) is 0 Å². The lowest BCUT2D eigenvalue weighted by atomic mass is 10.1. The third-order valence-electron chi connectivity index (χ3n) is 3.56. The molecule has 1 fully saturated rings. The van der Waals surface area contributed by atoms with Gasteiger partial charge in [0, 0.05) is 39.4 Å². The van der Waals surface area contributed by atoms with Gasteiger partial charge < -0.3 is 15.0 Å². The summed E-state index contributed by atoms with van der Waals surface area (Å²) in [5, 5.41) is 7.47. The van der Waals surface area contributed by atoms with Crippen molar-refractivity contribution in [2.45, 2.75) is 25.8 Å². The van der Waals surface area contributed by atoms with E-state index in [-0.39, 0.29) is 5.56 Å². The van der Waals surface area contributed by atoms with Crippen LogP contribution in [0.25, 0.3) is 0 Å². The monoisotopic (exact) mass is 280 g/mol. The van der Waals surface area contributed by atoms with Crippen molar-refractivity contribution in [3.63, 3.8) is 0 Å². The summed E-state index contributed by atoms with van der Waals surface area (Å²) in [6, 6.07) is 1.70. The maximum Gasteiger partial charge on any atom is 0.268 e. The van der Waals surface area contributed by atoms with Crippen LogP contribution in [0.3, 0.4) is 0 Å². The normalized spacial score (nSPS) is 15.6. The summed E-state index contributed by atoms with van der Waals surface area (Å²) in [7, 11) is 1.67. The Morgan fingerprint density at radius 3 is 2.80 bits per heavy atom. The summed E-state index contributed by atoms with van der Waals surface area (Å²) in [4.78, 5) is 14.3. The molecule has 0 radical (unpaired) electrons. The van der Waals surface area contributed by atoms with E-state index in [1.54, 1.807) is 13.2 Å². The molecule has 2 heterocycles. The molecule has 1 saturated heterocycles. The Morgan fingerprint density at radius 1 is 1.30 bits per heavy atom. The average Bonchev–Trinajstić information content (AvgIpc) is 2.49.